The van der Waals surface area contributed by atoms with E-state index >= 15 is 0 Å². The number of methoxy groups -OCH3 is 1. The third kappa shape index (κ3) is 3.56. The Morgan fingerprint density at radius 3 is 2.43 bits per heavy atom. The minimum atomic E-state index is -0.313. The first-order valence-corrected chi connectivity index (χ1v) is 6.68. The van der Waals surface area contributed by atoms with Crippen LogP contribution in [0.2, 0.25) is 0 Å². The highest BCUT2D eigenvalue weighted by molar-refractivity contribution is 6.03. The van der Waals surface area contributed by atoms with Crippen molar-refractivity contribution in [3.05, 3.63) is 48.0 Å². The average Bonchev–Trinajstić information content (AvgIpc) is 2.47. The number of aromatic nitrogens is 2. The van der Waals surface area contributed by atoms with Crippen LogP contribution >= 0.6 is 0 Å². The molecule has 1 heterocycles. The molecule has 2 aromatic rings. The molecule has 0 aliphatic heterocycles. The maximum Gasteiger partial charge on any atom is 0.275 e. The minimum absolute atomic E-state index is 0.0926. The largest absolute Gasteiger partial charge is 0.495 e. The Hall–Kier alpha value is -2.43. The number of carbonyl (C=O) groups excluding carboxylic acids is 1. The first-order chi connectivity index (χ1) is 9.91. The smallest absolute Gasteiger partial charge is 0.275 e. The van der Waals surface area contributed by atoms with Gasteiger partial charge in [-0.3, -0.25) is 9.78 Å². The van der Waals surface area contributed by atoms with Gasteiger partial charge in [0.15, 0.2) is 0 Å². The number of carbonyl (C=O) groups is 1. The number of benzene rings is 1. The second kappa shape index (κ2) is 5.91. The molecule has 0 aliphatic rings. The molecule has 0 saturated carbocycles. The zero-order valence-corrected chi connectivity index (χ0v) is 12.7. The number of nitrogens with one attached hydrogen (secondary N) is 1. The van der Waals surface area contributed by atoms with Gasteiger partial charge < -0.3 is 10.1 Å². The summed E-state index contributed by atoms with van der Waals surface area (Å²) in [6.07, 6.45) is 3.13. The molecule has 0 saturated heterocycles. The number of nitrogens with zero attached hydrogens (tertiary/aromatic N) is 2. The minimum Gasteiger partial charge on any atom is -0.495 e. The van der Waals surface area contributed by atoms with Crippen LogP contribution in [0.15, 0.2) is 36.7 Å². The fourth-order valence-corrected chi connectivity index (χ4v) is 1.77. The number of hydrogen-bond acceptors (Lipinski definition) is 4. The molecule has 1 amide bonds. The van der Waals surface area contributed by atoms with Gasteiger partial charge in [0.1, 0.15) is 11.4 Å². The molecule has 1 N–H and O–H groups in total. The van der Waals surface area contributed by atoms with E-state index < -0.39 is 0 Å². The van der Waals surface area contributed by atoms with Crippen molar-refractivity contribution in [2.75, 3.05) is 12.4 Å². The first-order valence-electron chi connectivity index (χ1n) is 6.68. The summed E-state index contributed by atoms with van der Waals surface area (Å²) in [5, 5.41) is 2.77. The summed E-state index contributed by atoms with van der Waals surface area (Å²) in [6.45, 7) is 6.14. The molecule has 0 atom stereocenters. The molecule has 0 radical (unpaired) electrons. The van der Waals surface area contributed by atoms with Crippen molar-refractivity contribution in [3.8, 4) is 5.75 Å². The molecule has 0 fully saturated rings. The van der Waals surface area contributed by atoms with Gasteiger partial charge in [0.25, 0.3) is 5.91 Å². The van der Waals surface area contributed by atoms with Crippen molar-refractivity contribution >= 4 is 11.6 Å². The second-order valence-electron chi connectivity index (χ2n) is 5.69. The maximum absolute atomic E-state index is 12.2. The van der Waals surface area contributed by atoms with Gasteiger partial charge in [-0.25, -0.2) is 4.98 Å². The van der Waals surface area contributed by atoms with E-state index in [4.69, 9.17) is 4.74 Å². The van der Waals surface area contributed by atoms with E-state index in [1.165, 1.54) is 6.20 Å². The van der Waals surface area contributed by atoms with Gasteiger partial charge in [0, 0.05) is 11.6 Å². The average molecular weight is 285 g/mol. The van der Waals surface area contributed by atoms with Crippen LogP contribution in [0.5, 0.6) is 5.75 Å². The number of anilines is 1. The van der Waals surface area contributed by atoms with E-state index in [1.54, 1.807) is 25.4 Å². The van der Waals surface area contributed by atoms with Gasteiger partial charge in [0.05, 0.1) is 24.7 Å². The Labute approximate surface area is 124 Å². The van der Waals surface area contributed by atoms with Crippen LogP contribution in [0.1, 0.15) is 37.0 Å². The third-order valence-corrected chi connectivity index (χ3v) is 3.01. The maximum atomic E-state index is 12.2. The van der Waals surface area contributed by atoms with Crippen molar-refractivity contribution in [1.82, 2.24) is 9.97 Å². The molecule has 1 aromatic carbocycles. The van der Waals surface area contributed by atoms with Crippen molar-refractivity contribution in [2.24, 2.45) is 0 Å². The Morgan fingerprint density at radius 2 is 1.86 bits per heavy atom. The highest BCUT2D eigenvalue weighted by Gasteiger charge is 2.17. The number of rotatable bonds is 3. The molecule has 0 bridgehead atoms. The normalized spacial score (nSPS) is 11.0. The van der Waals surface area contributed by atoms with E-state index in [0.717, 1.165) is 5.69 Å². The van der Waals surface area contributed by atoms with Crippen LogP contribution in [-0.2, 0) is 5.41 Å². The molecule has 0 aliphatic carbocycles. The van der Waals surface area contributed by atoms with Crippen LogP contribution in [0.4, 0.5) is 5.69 Å². The molecule has 2 rings (SSSR count). The summed E-state index contributed by atoms with van der Waals surface area (Å²) in [5.41, 5.74) is 1.63. The fraction of sp³-hybridized carbons (Fsp3) is 0.312. The molecule has 5 nitrogen and oxygen atoms in total. The molecule has 5 heteroatoms. The van der Waals surface area contributed by atoms with Gasteiger partial charge in [-0.2, -0.15) is 0 Å². The number of ether oxygens (including phenoxy) is 1. The van der Waals surface area contributed by atoms with Crippen LogP contribution in [0, 0.1) is 0 Å². The Bertz CT molecular complexity index is 631. The third-order valence-electron chi connectivity index (χ3n) is 3.01. The van der Waals surface area contributed by atoms with E-state index in [0.29, 0.717) is 11.4 Å². The quantitative estimate of drug-likeness (QED) is 0.941. The van der Waals surface area contributed by atoms with Crippen molar-refractivity contribution < 1.29 is 9.53 Å². The van der Waals surface area contributed by atoms with E-state index in [2.05, 4.69) is 15.3 Å². The van der Waals surface area contributed by atoms with Gasteiger partial charge >= 0.3 is 0 Å². The van der Waals surface area contributed by atoms with Crippen LogP contribution in [0.3, 0.4) is 0 Å². The fourth-order valence-electron chi connectivity index (χ4n) is 1.77. The SMILES string of the molecule is COc1ccccc1NC(=O)c1cnc(C(C)(C)C)cn1. The van der Waals surface area contributed by atoms with Crippen LogP contribution in [-0.4, -0.2) is 23.0 Å². The van der Waals surface area contributed by atoms with Crippen molar-refractivity contribution in [1.29, 1.82) is 0 Å². The number of para-hydroxylation sites is 2. The first kappa shape index (κ1) is 15.0. The van der Waals surface area contributed by atoms with Gasteiger partial charge in [0.2, 0.25) is 0 Å². The topological polar surface area (TPSA) is 64.1 Å². The number of amides is 1. The molecule has 21 heavy (non-hydrogen) atoms. The zero-order chi connectivity index (χ0) is 15.5. The predicted molar refractivity (Wildman–Crippen MR) is 81.7 cm³/mol. The zero-order valence-electron chi connectivity index (χ0n) is 12.7. The van der Waals surface area contributed by atoms with Gasteiger partial charge in [-0.05, 0) is 12.1 Å². The Kier molecular flexibility index (Phi) is 4.21. The molecule has 0 spiro atoms. The Balaban J connectivity index is 2.17. The Morgan fingerprint density at radius 1 is 1.14 bits per heavy atom. The van der Waals surface area contributed by atoms with E-state index in [1.807, 2.05) is 32.9 Å². The molecular weight excluding hydrogens is 266 g/mol. The molecular formula is C16H19N3O2. The lowest BCUT2D eigenvalue weighted by atomic mass is 9.93. The lowest BCUT2D eigenvalue weighted by Gasteiger charge is -2.16. The van der Waals surface area contributed by atoms with Crippen molar-refractivity contribution in [3.63, 3.8) is 0 Å². The van der Waals surface area contributed by atoms with Gasteiger partial charge in [-0.15, -0.1) is 0 Å². The van der Waals surface area contributed by atoms with Gasteiger partial charge in [-0.1, -0.05) is 32.9 Å². The summed E-state index contributed by atoms with van der Waals surface area (Å²) in [5.74, 6) is 0.289. The summed E-state index contributed by atoms with van der Waals surface area (Å²) < 4.78 is 5.20. The predicted octanol–water partition coefficient (Wildman–Crippen LogP) is 3.04. The molecule has 1 aromatic heterocycles. The number of hydrogen-bond donors (Lipinski definition) is 1. The van der Waals surface area contributed by atoms with Crippen LogP contribution < -0.4 is 10.1 Å². The standard InChI is InChI=1S/C16H19N3O2/c1-16(2,3)14-10-17-12(9-18-14)15(20)19-11-7-5-6-8-13(11)21-4/h5-10H,1-4H3,(H,19,20). The van der Waals surface area contributed by atoms with E-state index in [-0.39, 0.29) is 17.0 Å². The molecule has 110 valence electrons. The highest BCUT2D eigenvalue weighted by atomic mass is 16.5. The lowest BCUT2D eigenvalue weighted by Crippen LogP contribution is -2.18. The summed E-state index contributed by atoms with van der Waals surface area (Å²) in [7, 11) is 1.56. The summed E-state index contributed by atoms with van der Waals surface area (Å²) in [6, 6.07) is 7.22. The highest BCUT2D eigenvalue weighted by Crippen LogP contribution is 2.23. The van der Waals surface area contributed by atoms with Crippen molar-refractivity contribution in [2.45, 2.75) is 26.2 Å². The monoisotopic (exact) mass is 285 g/mol. The summed E-state index contributed by atoms with van der Waals surface area (Å²) in [4.78, 5) is 20.7. The second-order valence-corrected chi connectivity index (χ2v) is 5.69. The van der Waals surface area contributed by atoms with Crippen LogP contribution in [0.25, 0.3) is 0 Å². The lowest BCUT2D eigenvalue weighted by molar-refractivity contribution is 0.102. The summed E-state index contributed by atoms with van der Waals surface area (Å²) >= 11 is 0. The van der Waals surface area contributed by atoms with E-state index in [9.17, 15) is 4.79 Å². The molecule has 0 unspecified atom stereocenters.